The molecule has 0 spiro atoms. The first kappa shape index (κ1) is 6.16. The van der Waals surface area contributed by atoms with Gasteiger partial charge in [0.2, 0.25) is 0 Å². The van der Waals surface area contributed by atoms with E-state index in [9.17, 15) is 4.79 Å². The maximum atomic E-state index is 11.1. The first-order valence-corrected chi connectivity index (χ1v) is 3.40. The van der Waals surface area contributed by atoms with Crippen molar-refractivity contribution in [2.75, 3.05) is 0 Å². The third kappa shape index (κ3) is 0.759. The van der Waals surface area contributed by atoms with Gasteiger partial charge in [0.1, 0.15) is 0 Å². The predicted molar refractivity (Wildman–Crippen MR) is 42.9 cm³/mol. The number of nitrogens with two attached hydrogens (primary N) is 1. The summed E-state index contributed by atoms with van der Waals surface area (Å²) < 4.78 is 0. The zero-order chi connectivity index (χ0) is 7.84. The molecule has 0 fully saturated rings. The molecule has 0 saturated carbocycles. The van der Waals surface area contributed by atoms with Crippen LogP contribution in [-0.2, 0) is 0 Å². The van der Waals surface area contributed by atoms with Crippen molar-refractivity contribution in [1.29, 1.82) is 0 Å². The van der Waals surface area contributed by atoms with Crippen LogP contribution in [0, 0.1) is 0 Å². The molecule has 1 aliphatic carbocycles. The van der Waals surface area contributed by atoms with E-state index in [1.54, 1.807) is 6.07 Å². The second kappa shape index (κ2) is 1.95. The van der Waals surface area contributed by atoms with Crippen LogP contribution in [0.1, 0.15) is 15.9 Å². The van der Waals surface area contributed by atoms with Gasteiger partial charge >= 0.3 is 0 Å². The molecule has 0 amide bonds. The zero-order valence-corrected chi connectivity index (χ0v) is 5.87. The molecule has 0 bridgehead atoms. The van der Waals surface area contributed by atoms with Crippen LogP contribution < -0.4 is 5.73 Å². The highest BCUT2D eigenvalue weighted by Crippen LogP contribution is 2.22. The van der Waals surface area contributed by atoms with E-state index in [0.717, 1.165) is 5.56 Å². The summed E-state index contributed by atoms with van der Waals surface area (Å²) in [5, 5.41) is 0. The van der Waals surface area contributed by atoms with E-state index in [-0.39, 0.29) is 5.78 Å². The molecule has 2 heteroatoms. The SMILES string of the molecule is NC1=CC(=O)c2ccccc21. The lowest BCUT2D eigenvalue weighted by atomic mass is 10.1. The summed E-state index contributed by atoms with van der Waals surface area (Å²) in [5.41, 5.74) is 7.72. The smallest absolute Gasteiger partial charge is 0.188 e. The van der Waals surface area contributed by atoms with Crippen LogP contribution in [0.5, 0.6) is 0 Å². The maximum Gasteiger partial charge on any atom is 0.188 e. The van der Waals surface area contributed by atoms with Gasteiger partial charge in [0.15, 0.2) is 5.78 Å². The summed E-state index contributed by atoms with van der Waals surface area (Å²) in [6.45, 7) is 0. The second-order valence-electron chi connectivity index (χ2n) is 2.51. The third-order valence-corrected chi connectivity index (χ3v) is 1.79. The first-order chi connectivity index (χ1) is 5.29. The summed E-state index contributed by atoms with van der Waals surface area (Å²) in [4.78, 5) is 11.1. The van der Waals surface area contributed by atoms with Crippen LogP contribution >= 0.6 is 0 Å². The zero-order valence-electron chi connectivity index (χ0n) is 5.87. The minimum absolute atomic E-state index is 0.0121. The Bertz CT molecular complexity index is 352. The largest absolute Gasteiger partial charge is 0.398 e. The van der Waals surface area contributed by atoms with E-state index in [0.29, 0.717) is 11.3 Å². The number of ketones is 1. The molecule has 54 valence electrons. The van der Waals surface area contributed by atoms with Crippen LogP contribution in [0.25, 0.3) is 5.70 Å². The molecule has 0 heterocycles. The fraction of sp³-hybridized carbons (Fsp3) is 0. The molecule has 2 rings (SSSR count). The van der Waals surface area contributed by atoms with Gasteiger partial charge in [-0.1, -0.05) is 24.3 Å². The molecule has 0 aliphatic heterocycles. The van der Waals surface area contributed by atoms with Gasteiger partial charge in [0, 0.05) is 22.9 Å². The third-order valence-electron chi connectivity index (χ3n) is 1.79. The predicted octanol–water partition coefficient (Wildman–Crippen LogP) is 1.18. The van der Waals surface area contributed by atoms with Crippen molar-refractivity contribution in [2.45, 2.75) is 0 Å². The molecule has 1 aromatic rings. The Labute approximate surface area is 64.3 Å². The number of allylic oxidation sites excluding steroid dienone is 1. The minimum atomic E-state index is 0.0121. The van der Waals surface area contributed by atoms with Crippen LogP contribution in [0.15, 0.2) is 30.3 Å². The summed E-state index contributed by atoms with van der Waals surface area (Å²) in [6, 6.07) is 7.35. The Hall–Kier alpha value is -1.57. The Morgan fingerprint density at radius 3 is 2.36 bits per heavy atom. The molecule has 0 atom stereocenters. The Balaban J connectivity index is 2.71. The highest BCUT2D eigenvalue weighted by Gasteiger charge is 2.17. The van der Waals surface area contributed by atoms with Gasteiger partial charge < -0.3 is 5.73 Å². The van der Waals surface area contributed by atoms with E-state index < -0.39 is 0 Å². The molecule has 0 aromatic heterocycles. The van der Waals surface area contributed by atoms with Gasteiger partial charge in [-0.2, -0.15) is 0 Å². The lowest BCUT2D eigenvalue weighted by Crippen LogP contribution is -1.93. The number of fused-ring (bicyclic) bond motifs is 1. The molecule has 0 radical (unpaired) electrons. The first-order valence-electron chi connectivity index (χ1n) is 3.40. The van der Waals surface area contributed by atoms with Gasteiger partial charge in [0.25, 0.3) is 0 Å². The number of hydrogen-bond donors (Lipinski definition) is 1. The lowest BCUT2D eigenvalue weighted by Gasteiger charge is -1.96. The van der Waals surface area contributed by atoms with E-state index in [2.05, 4.69) is 0 Å². The summed E-state index contributed by atoms with van der Waals surface area (Å²) in [7, 11) is 0. The van der Waals surface area contributed by atoms with E-state index in [4.69, 9.17) is 5.73 Å². The molecule has 11 heavy (non-hydrogen) atoms. The van der Waals surface area contributed by atoms with Gasteiger partial charge in [-0.05, 0) is 0 Å². The molecule has 1 aromatic carbocycles. The normalized spacial score (nSPS) is 14.5. The maximum absolute atomic E-state index is 11.1. The molecule has 2 N–H and O–H groups in total. The van der Waals surface area contributed by atoms with E-state index in [1.165, 1.54) is 6.08 Å². The average molecular weight is 145 g/mol. The fourth-order valence-corrected chi connectivity index (χ4v) is 1.25. The van der Waals surface area contributed by atoms with E-state index >= 15 is 0 Å². The monoisotopic (exact) mass is 145 g/mol. The van der Waals surface area contributed by atoms with Crippen molar-refractivity contribution in [3.8, 4) is 0 Å². The molecular weight excluding hydrogens is 138 g/mol. The molecule has 0 unspecified atom stereocenters. The molecule has 0 saturated heterocycles. The number of hydrogen-bond acceptors (Lipinski definition) is 2. The van der Waals surface area contributed by atoms with Crippen LogP contribution in [-0.4, -0.2) is 5.78 Å². The van der Waals surface area contributed by atoms with E-state index in [1.807, 2.05) is 18.2 Å². The summed E-state index contributed by atoms with van der Waals surface area (Å²) >= 11 is 0. The number of carbonyl (C=O) groups is 1. The van der Waals surface area contributed by atoms with Crippen molar-refractivity contribution in [1.82, 2.24) is 0 Å². The van der Waals surface area contributed by atoms with Gasteiger partial charge in [-0.15, -0.1) is 0 Å². The van der Waals surface area contributed by atoms with Crippen LogP contribution in [0.2, 0.25) is 0 Å². The highest BCUT2D eigenvalue weighted by atomic mass is 16.1. The van der Waals surface area contributed by atoms with Gasteiger partial charge in [-0.3, -0.25) is 4.79 Å². The topological polar surface area (TPSA) is 43.1 Å². The minimum Gasteiger partial charge on any atom is -0.398 e. The van der Waals surface area contributed by atoms with Crippen molar-refractivity contribution in [3.63, 3.8) is 0 Å². The Morgan fingerprint density at radius 2 is 1.73 bits per heavy atom. The van der Waals surface area contributed by atoms with Gasteiger partial charge in [-0.25, -0.2) is 0 Å². The standard InChI is InChI=1S/C9H7NO/c10-8-5-9(11)7-4-2-1-3-6(7)8/h1-5H,10H2. The number of carbonyl (C=O) groups excluding carboxylic acids is 1. The van der Waals surface area contributed by atoms with Crippen LogP contribution in [0.3, 0.4) is 0 Å². The van der Waals surface area contributed by atoms with Crippen molar-refractivity contribution in [3.05, 3.63) is 41.5 Å². The Kier molecular flexibility index (Phi) is 1.09. The quantitative estimate of drug-likeness (QED) is 0.595. The van der Waals surface area contributed by atoms with Crippen molar-refractivity contribution in [2.24, 2.45) is 5.73 Å². The fourth-order valence-electron chi connectivity index (χ4n) is 1.25. The Morgan fingerprint density at radius 1 is 1.09 bits per heavy atom. The summed E-state index contributed by atoms with van der Waals surface area (Å²) in [6.07, 6.45) is 1.46. The number of rotatable bonds is 0. The summed E-state index contributed by atoms with van der Waals surface area (Å²) in [5.74, 6) is 0.0121. The van der Waals surface area contributed by atoms with Crippen LogP contribution in [0.4, 0.5) is 0 Å². The second-order valence-corrected chi connectivity index (χ2v) is 2.51. The van der Waals surface area contributed by atoms with Gasteiger partial charge in [0.05, 0.1) is 0 Å². The average Bonchev–Trinajstić information content (AvgIpc) is 2.30. The van der Waals surface area contributed by atoms with Crippen molar-refractivity contribution < 1.29 is 4.79 Å². The highest BCUT2D eigenvalue weighted by molar-refractivity contribution is 6.15. The molecule has 2 nitrogen and oxygen atoms in total. The van der Waals surface area contributed by atoms with Crippen molar-refractivity contribution >= 4 is 11.5 Å². The lowest BCUT2D eigenvalue weighted by molar-refractivity contribution is 0.105. The molecular formula is C9H7NO. The molecule has 1 aliphatic rings. The number of benzene rings is 1.